The average molecular weight is 317 g/mol. The number of carbonyl (C=O) groups is 1. The monoisotopic (exact) mass is 317 g/mol. The summed E-state index contributed by atoms with van der Waals surface area (Å²) in [5.41, 5.74) is 1.01. The Morgan fingerprint density at radius 3 is 2.82 bits per heavy atom. The number of rotatable bonds is 7. The largest absolute Gasteiger partial charge is 0.355 e. The van der Waals surface area contributed by atoms with Crippen molar-refractivity contribution in [2.75, 3.05) is 12.3 Å². The normalized spacial score (nSPS) is 14.0. The third kappa shape index (κ3) is 3.47. The van der Waals surface area contributed by atoms with Gasteiger partial charge in [-0.2, -0.15) is 0 Å². The lowest BCUT2D eigenvalue weighted by atomic mass is 10.2. The summed E-state index contributed by atoms with van der Waals surface area (Å²) in [6.45, 7) is 2.76. The maximum Gasteiger partial charge on any atom is 0.230 e. The molecule has 0 aliphatic heterocycles. The molecule has 0 saturated heterocycles. The molecular weight excluding hydrogens is 298 g/mol. The van der Waals surface area contributed by atoms with Crippen LogP contribution in [0.3, 0.4) is 0 Å². The molecule has 2 aromatic rings. The molecule has 1 amide bonds. The van der Waals surface area contributed by atoms with Crippen LogP contribution >= 0.6 is 11.8 Å². The number of hydrogen-bond acceptors (Lipinski definition) is 5. The Bertz CT molecular complexity index is 639. The molecule has 116 valence electrons. The van der Waals surface area contributed by atoms with Gasteiger partial charge in [0.25, 0.3) is 0 Å². The summed E-state index contributed by atoms with van der Waals surface area (Å²) in [5.74, 6) is 1.28. The van der Waals surface area contributed by atoms with E-state index >= 15 is 0 Å². The second-order valence-electron chi connectivity index (χ2n) is 5.28. The lowest BCUT2D eigenvalue weighted by Crippen LogP contribution is -2.25. The average Bonchev–Trinajstić information content (AvgIpc) is 3.31. The van der Waals surface area contributed by atoms with E-state index in [2.05, 4.69) is 25.1 Å². The molecule has 6 nitrogen and oxygen atoms in total. The molecule has 0 radical (unpaired) electrons. The van der Waals surface area contributed by atoms with Crippen LogP contribution in [0.1, 0.15) is 32.2 Å². The van der Waals surface area contributed by atoms with Crippen molar-refractivity contribution in [3.63, 3.8) is 0 Å². The van der Waals surface area contributed by atoms with Crippen LogP contribution in [-0.2, 0) is 4.79 Å². The Balaban J connectivity index is 1.75. The van der Waals surface area contributed by atoms with Crippen LogP contribution < -0.4 is 5.32 Å². The molecule has 0 spiro atoms. The summed E-state index contributed by atoms with van der Waals surface area (Å²) >= 11 is 1.45. The van der Waals surface area contributed by atoms with Crippen LogP contribution in [-0.4, -0.2) is 38.0 Å². The van der Waals surface area contributed by atoms with Crippen molar-refractivity contribution in [3.05, 3.63) is 24.5 Å². The maximum atomic E-state index is 11.8. The first-order valence-corrected chi connectivity index (χ1v) is 8.53. The van der Waals surface area contributed by atoms with Crippen LogP contribution in [0, 0.1) is 0 Å². The summed E-state index contributed by atoms with van der Waals surface area (Å²) in [5, 5.41) is 12.3. The number of thioether (sulfide) groups is 1. The minimum atomic E-state index is 0.0441. The fourth-order valence-corrected chi connectivity index (χ4v) is 3.02. The Morgan fingerprint density at radius 1 is 1.36 bits per heavy atom. The van der Waals surface area contributed by atoms with E-state index in [0.717, 1.165) is 42.4 Å². The van der Waals surface area contributed by atoms with Crippen LogP contribution in [0.2, 0.25) is 0 Å². The number of pyridine rings is 1. The Morgan fingerprint density at radius 2 is 2.14 bits per heavy atom. The highest BCUT2D eigenvalue weighted by molar-refractivity contribution is 7.99. The first-order valence-electron chi connectivity index (χ1n) is 7.54. The summed E-state index contributed by atoms with van der Waals surface area (Å²) in [6.07, 6.45) is 6.75. The van der Waals surface area contributed by atoms with Gasteiger partial charge >= 0.3 is 0 Å². The Kier molecular flexibility index (Phi) is 4.72. The maximum absolute atomic E-state index is 11.8. The number of nitrogens with one attached hydrogen (secondary N) is 1. The molecular formula is C15H19N5OS. The van der Waals surface area contributed by atoms with Crippen LogP contribution in [0.25, 0.3) is 11.4 Å². The number of hydrogen-bond donors (Lipinski definition) is 1. The van der Waals surface area contributed by atoms with Crippen LogP contribution in [0.4, 0.5) is 0 Å². The molecule has 0 aromatic carbocycles. The Labute approximate surface area is 133 Å². The van der Waals surface area contributed by atoms with Crippen molar-refractivity contribution in [2.45, 2.75) is 37.4 Å². The second kappa shape index (κ2) is 6.91. The molecule has 2 heterocycles. The van der Waals surface area contributed by atoms with Crippen LogP contribution in [0.15, 0.2) is 29.7 Å². The van der Waals surface area contributed by atoms with E-state index in [0.29, 0.717) is 11.8 Å². The molecule has 7 heteroatoms. The second-order valence-corrected chi connectivity index (χ2v) is 6.22. The predicted octanol–water partition coefficient (Wildman–Crippen LogP) is 2.29. The van der Waals surface area contributed by atoms with Gasteiger partial charge in [0, 0.05) is 30.5 Å². The smallest absolute Gasteiger partial charge is 0.230 e. The first kappa shape index (κ1) is 15.0. The lowest BCUT2D eigenvalue weighted by Gasteiger charge is -2.08. The highest BCUT2D eigenvalue weighted by atomic mass is 32.2. The van der Waals surface area contributed by atoms with E-state index in [1.165, 1.54) is 11.8 Å². The summed E-state index contributed by atoms with van der Waals surface area (Å²) < 4.78 is 2.16. The highest BCUT2D eigenvalue weighted by Gasteiger charge is 2.30. The first-order chi connectivity index (χ1) is 10.8. The third-order valence-corrected chi connectivity index (χ3v) is 4.36. The van der Waals surface area contributed by atoms with Gasteiger partial charge in [-0.25, -0.2) is 0 Å². The summed E-state index contributed by atoms with van der Waals surface area (Å²) in [4.78, 5) is 15.8. The minimum absolute atomic E-state index is 0.0441. The zero-order chi connectivity index (χ0) is 15.4. The summed E-state index contributed by atoms with van der Waals surface area (Å²) in [6, 6.07) is 4.33. The van der Waals surface area contributed by atoms with Gasteiger partial charge in [0.1, 0.15) is 0 Å². The molecule has 1 aliphatic carbocycles. The van der Waals surface area contributed by atoms with Crippen LogP contribution in [0.5, 0.6) is 0 Å². The molecule has 0 bridgehead atoms. The van der Waals surface area contributed by atoms with Gasteiger partial charge in [0.15, 0.2) is 11.0 Å². The van der Waals surface area contributed by atoms with E-state index in [1.807, 2.05) is 19.1 Å². The molecule has 1 fully saturated rings. The lowest BCUT2D eigenvalue weighted by molar-refractivity contribution is -0.118. The van der Waals surface area contributed by atoms with Gasteiger partial charge in [-0.3, -0.25) is 14.3 Å². The molecule has 1 aliphatic rings. The molecule has 1 N–H and O–H groups in total. The van der Waals surface area contributed by atoms with Crippen molar-refractivity contribution in [2.24, 2.45) is 0 Å². The molecule has 0 unspecified atom stereocenters. The molecule has 3 rings (SSSR count). The zero-order valence-corrected chi connectivity index (χ0v) is 13.3. The van der Waals surface area contributed by atoms with Crippen molar-refractivity contribution < 1.29 is 4.79 Å². The number of carbonyl (C=O) groups excluding carboxylic acids is 1. The minimum Gasteiger partial charge on any atom is -0.355 e. The van der Waals surface area contributed by atoms with Gasteiger partial charge in [-0.05, 0) is 31.4 Å². The zero-order valence-electron chi connectivity index (χ0n) is 12.5. The SMILES string of the molecule is CCCNC(=O)CSc1nnc(-c2ccncc2)n1C1CC1. The number of amides is 1. The molecule has 1 saturated carbocycles. The number of nitrogens with zero attached hydrogens (tertiary/aromatic N) is 4. The van der Waals surface area contributed by atoms with Gasteiger partial charge in [0.2, 0.25) is 5.91 Å². The van der Waals surface area contributed by atoms with E-state index in [1.54, 1.807) is 12.4 Å². The van der Waals surface area contributed by atoms with Crippen molar-refractivity contribution in [1.29, 1.82) is 0 Å². The van der Waals surface area contributed by atoms with E-state index in [4.69, 9.17) is 0 Å². The van der Waals surface area contributed by atoms with E-state index in [9.17, 15) is 4.79 Å². The fourth-order valence-electron chi connectivity index (χ4n) is 2.18. The van der Waals surface area contributed by atoms with Gasteiger partial charge in [0.05, 0.1) is 5.75 Å². The standard InChI is InChI=1S/C15H19N5OS/c1-2-7-17-13(21)10-22-15-19-18-14(20(15)12-3-4-12)11-5-8-16-9-6-11/h5-6,8-9,12H,2-4,7,10H2,1H3,(H,17,21). The predicted molar refractivity (Wildman–Crippen MR) is 85.5 cm³/mol. The molecule has 22 heavy (non-hydrogen) atoms. The summed E-state index contributed by atoms with van der Waals surface area (Å²) in [7, 11) is 0. The highest BCUT2D eigenvalue weighted by Crippen LogP contribution is 2.40. The van der Waals surface area contributed by atoms with Gasteiger partial charge < -0.3 is 5.32 Å². The van der Waals surface area contributed by atoms with Crippen molar-refractivity contribution in [3.8, 4) is 11.4 Å². The van der Waals surface area contributed by atoms with Gasteiger partial charge in [-0.15, -0.1) is 10.2 Å². The van der Waals surface area contributed by atoms with E-state index in [-0.39, 0.29) is 5.91 Å². The molecule has 0 atom stereocenters. The van der Waals surface area contributed by atoms with Crippen molar-refractivity contribution in [1.82, 2.24) is 25.1 Å². The quantitative estimate of drug-likeness (QED) is 0.793. The molecule has 2 aromatic heterocycles. The fraction of sp³-hybridized carbons (Fsp3) is 0.467. The topological polar surface area (TPSA) is 72.7 Å². The third-order valence-electron chi connectivity index (χ3n) is 3.42. The van der Waals surface area contributed by atoms with E-state index < -0.39 is 0 Å². The Hall–Kier alpha value is -1.89. The van der Waals surface area contributed by atoms with Crippen molar-refractivity contribution >= 4 is 17.7 Å². The number of aromatic nitrogens is 4. The van der Waals surface area contributed by atoms with Gasteiger partial charge in [-0.1, -0.05) is 18.7 Å².